The number of hydrogen-bond donors (Lipinski definition) is 0. The van der Waals surface area contributed by atoms with Crippen LogP contribution in [0, 0.1) is 5.92 Å². The van der Waals surface area contributed by atoms with Gasteiger partial charge in [-0.3, -0.25) is 0 Å². The van der Waals surface area contributed by atoms with Crippen molar-refractivity contribution in [3.63, 3.8) is 0 Å². The molecule has 0 saturated carbocycles. The van der Waals surface area contributed by atoms with Crippen molar-refractivity contribution in [3.8, 4) is 0 Å². The van der Waals surface area contributed by atoms with E-state index in [4.69, 9.17) is 11.6 Å². The second-order valence-electron chi connectivity index (χ2n) is 3.81. The maximum Gasteiger partial charge on any atom is 0.395 e. The van der Waals surface area contributed by atoms with E-state index < -0.39 is 18.0 Å². The van der Waals surface area contributed by atoms with Gasteiger partial charge in [-0.15, -0.1) is 0 Å². The van der Waals surface area contributed by atoms with E-state index in [1.807, 2.05) is 0 Å². The molecule has 0 heterocycles. The van der Waals surface area contributed by atoms with Crippen LogP contribution in [0.1, 0.15) is 25.3 Å². The van der Waals surface area contributed by atoms with Crippen molar-refractivity contribution in [2.75, 3.05) is 0 Å². The van der Waals surface area contributed by atoms with Gasteiger partial charge in [0, 0.05) is 5.02 Å². The van der Waals surface area contributed by atoms with Crippen LogP contribution in [-0.4, -0.2) is 6.18 Å². The number of hydrogen-bond acceptors (Lipinski definition) is 0. The van der Waals surface area contributed by atoms with Crippen LogP contribution in [0.4, 0.5) is 13.2 Å². The monoisotopic (exact) mass is 236 g/mol. The van der Waals surface area contributed by atoms with Crippen molar-refractivity contribution in [1.82, 2.24) is 0 Å². The molecule has 0 aliphatic carbocycles. The first-order chi connectivity index (χ1) is 6.82. The van der Waals surface area contributed by atoms with Crippen LogP contribution in [0.2, 0.25) is 5.02 Å². The first kappa shape index (κ1) is 12.4. The minimum Gasteiger partial charge on any atom is -0.170 e. The molecular formula is C11H12ClF3. The smallest absolute Gasteiger partial charge is 0.170 e. The molecule has 0 saturated heterocycles. The van der Waals surface area contributed by atoms with Crippen LogP contribution >= 0.6 is 11.6 Å². The lowest BCUT2D eigenvalue weighted by Gasteiger charge is -2.24. The molecule has 4 heteroatoms. The summed E-state index contributed by atoms with van der Waals surface area (Å²) in [6.07, 6.45) is -4.21. The Bertz CT molecular complexity index is 314. The molecule has 0 amide bonds. The maximum absolute atomic E-state index is 12.7. The average Bonchev–Trinajstić information content (AvgIpc) is 2.05. The minimum absolute atomic E-state index is 0.266. The van der Waals surface area contributed by atoms with E-state index in [0.717, 1.165) is 0 Å². The van der Waals surface area contributed by atoms with E-state index in [-0.39, 0.29) is 5.56 Å². The van der Waals surface area contributed by atoms with Crippen LogP contribution in [0.15, 0.2) is 24.3 Å². The van der Waals surface area contributed by atoms with Gasteiger partial charge < -0.3 is 0 Å². The molecule has 0 unspecified atom stereocenters. The zero-order chi connectivity index (χ0) is 11.6. The van der Waals surface area contributed by atoms with Gasteiger partial charge in [-0.25, -0.2) is 0 Å². The molecule has 1 aromatic carbocycles. The molecule has 84 valence electrons. The van der Waals surface area contributed by atoms with Gasteiger partial charge >= 0.3 is 6.18 Å². The van der Waals surface area contributed by atoms with Gasteiger partial charge in [0.05, 0.1) is 5.92 Å². The quantitative estimate of drug-likeness (QED) is 0.702. The Balaban J connectivity index is 3.05. The van der Waals surface area contributed by atoms with Crippen LogP contribution in [0.3, 0.4) is 0 Å². The molecule has 0 radical (unpaired) electrons. The van der Waals surface area contributed by atoms with Crippen LogP contribution in [0.5, 0.6) is 0 Å². The highest BCUT2D eigenvalue weighted by molar-refractivity contribution is 6.30. The molecular weight excluding hydrogens is 225 g/mol. The lowest BCUT2D eigenvalue weighted by atomic mass is 9.88. The summed E-state index contributed by atoms with van der Waals surface area (Å²) < 4.78 is 38.2. The van der Waals surface area contributed by atoms with Gasteiger partial charge in [-0.05, 0) is 23.6 Å². The number of halogens is 4. The maximum atomic E-state index is 12.7. The second-order valence-corrected chi connectivity index (χ2v) is 4.25. The fourth-order valence-electron chi connectivity index (χ4n) is 1.62. The van der Waals surface area contributed by atoms with Gasteiger partial charge in [0.2, 0.25) is 0 Å². The third-order valence-corrected chi connectivity index (χ3v) is 2.50. The van der Waals surface area contributed by atoms with Crippen LogP contribution in [0.25, 0.3) is 0 Å². The summed E-state index contributed by atoms with van der Waals surface area (Å²) in [6.45, 7) is 3.12. The van der Waals surface area contributed by atoms with Gasteiger partial charge in [0.15, 0.2) is 0 Å². The normalized spacial score (nSPS) is 14.3. The van der Waals surface area contributed by atoms with Gasteiger partial charge in [0.25, 0.3) is 0 Å². The number of benzene rings is 1. The molecule has 0 fully saturated rings. The highest BCUT2D eigenvalue weighted by Gasteiger charge is 2.42. The molecule has 0 aliphatic rings. The Morgan fingerprint density at radius 1 is 1.07 bits per heavy atom. The van der Waals surface area contributed by atoms with Crippen molar-refractivity contribution >= 4 is 11.6 Å². The summed E-state index contributed by atoms with van der Waals surface area (Å²) in [7, 11) is 0. The Morgan fingerprint density at radius 2 is 1.53 bits per heavy atom. The topological polar surface area (TPSA) is 0 Å². The summed E-state index contributed by atoms with van der Waals surface area (Å²) in [5.74, 6) is -1.90. The van der Waals surface area contributed by atoms with E-state index in [2.05, 4.69) is 0 Å². The molecule has 15 heavy (non-hydrogen) atoms. The zero-order valence-corrected chi connectivity index (χ0v) is 9.23. The lowest BCUT2D eigenvalue weighted by molar-refractivity contribution is -0.159. The Morgan fingerprint density at radius 3 is 1.87 bits per heavy atom. The highest BCUT2D eigenvalue weighted by atomic mass is 35.5. The first-order valence-electron chi connectivity index (χ1n) is 4.64. The number of rotatable bonds is 2. The van der Waals surface area contributed by atoms with E-state index >= 15 is 0 Å². The van der Waals surface area contributed by atoms with E-state index in [0.29, 0.717) is 5.02 Å². The highest BCUT2D eigenvalue weighted by Crippen LogP contribution is 2.40. The summed E-state index contributed by atoms with van der Waals surface area (Å²) >= 11 is 5.63. The fraction of sp³-hybridized carbons (Fsp3) is 0.455. The average molecular weight is 237 g/mol. The standard InChI is InChI=1S/C11H12ClF3/c1-7(2)10(11(13,14)15)8-3-5-9(12)6-4-8/h3-7,10H,1-2H3/t10-/m1/s1. The SMILES string of the molecule is CC(C)[C@H](c1ccc(Cl)cc1)C(F)(F)F. The molecule has 0 aliphatic heterocycles. The van der Waals surface area contributed by atoms with Crippen molar-refractivity contribution in [2.24, 2.45) is 5.92 Å². The molecule has 0 spiro atoms. The molecule has 1 atom stereocenters. The van der Waals surface area contributed by atoms with Gasteiger partial charge in [-0.1, -0.05) is 37.6 Å². The molecule has 0 bridgehead atoms. The van der Waals surface area contributed by atoms with E-state index in [1.54, 1.807) is 13.8 Å². The summed E-state index contributed by atoms with van der Waals surface area (Å²) in [6, 6.07) is 5.83. The predicted octanol–water partition coefficient (Wildman–Crippen LogP) is 4.64. The van der Waals surface area contributed by atoms with Gasteiger partial charge in [-0.2, -0.15) is 13.2 Å². The van der Waals surface area contributed by atoms with Crippen molar-refractivity contribution in [3.05, 3.63) is 34.9 Å². The molecule has 0 N–H and O–H groups in total. The van der Waals surface area contributed by atoms with Crippen molar-refractivity contribution in [1.29, 1.82) is 0 Å². The third kappa shape index (κ3) is 3.13. The second kappa shape index (κ2) is 4.44. The minimum atomic E-state index is -4.21. The van der Waals surface area contributed by atoms with Crippen LogP contribution < -0.4 is 0 Å². The predicted molar refractivity (Wildman–Crippen MR) is 55.1 cm³/mol. The summed E-state index contributed by atoms with van der Waals surface area (Å²) in [5.41, 5.74) is 0.266. The fourth-order valence-corrected chi connectivity index (χ4v) is 1.75. The Labute approximate surface area is 92.1 Å². The zero-order valence-electron chi connectivity index (χ0n) is 8.48. The van der Waals surface area contributed by atoms with E-state index in [1.165, 1.54) is 24.3 Å². The molecule has 1 rings (SSSR count). The van der Waals surface area contributed by atoms with Crippen molar-refractivity contribution in [2.45, 2.75) is 25.9 Å². The molecule has 0 aromatic heterocycles. The summed E-state index contributed by atoms with van der Waals surface area (Å²) in [4.78, 5) is 0. The van der Waals surface area contributed by atoms with Crippen molar-refractivity contribution < 1.29 is 13.2 Å². The van der Waals surface area contributed by atoms with Crippen LogP contribution in [-0.2, 0) is 0 Å². The first-order valence-corrected chi connectivity index (χ1v) is 5.02. The van der Waals surface area contributed by atoms with Gasteiger partial charge in [0.1, 0.15) is 0 Å². The number of alkyl halides is 3. The Kier molecular flexibility index (Phi) is 3.66. The third-order valence-electron chi connectivity index (χ3n) is 2.25. The Hall–Kier alpha value is -0.700. The van der Waals surface area contributed by atoms with E-state index in [9.17, 15) is 13.2 Å². The summed E-state index contributed by atoms with van der Waals surface area (Å²) in [5, 5.41) is 0.448. The lowest BCUT2D eigenvalue weighted by Crippen LogP contribution is -2.25. The molecule has 1 aromatic rings. The largest absolute Gasteiger partial charge is 0.395 e. The molecule has 0 nitrogen and oxygen atoms in total.